The standard InChI is InChI=1S/C18H15NO4/c1-11(20)15(16(21)12-7-3-2-4-8-12)18(23)13-9-5-6-10-14(13)19-17(18)22/h2-10,15,23H,1H3,(H,19,22). The Bertz CT molecular complexity index is 800. The Balaban J connectivity index is 2.14. The van der Waals surface area contributed by atoms with Crippen molar-refractivity contribution in [3.05, 3.63) is 65.7 Å². The third kappa shape index (κ3) is 2.26. The van der Waals surface area contributed by atoms with Crippen LogP contribution in [-0.4, -0.2) is 22.6 Å². The van der Waals surface area contributed by atoms with Crippen molar-refractivity contribution >= 4 is 23.2 Å². The lowest BCUT2D eigenvalue weighted by Gasteiger charge is -2.28. The number of carbonyl (C=O) groups is 3. The largest absolute Gasteiger partial charge is 0.374 e. The summed E-state index contributed by atoms with van der Waals surface area (Å²) in [5, 5.41) is 13.6. The fourth-order valence-corrected chi connectivity index (χ4v) is 2.99. The Hall–Kier alpha value is -2.79. The van der Waals surface area contributed by atoms with Crippen LogP contribution >= 0.6 is 0 Å². The van der Waals surface area contributed by atoms with Gasteiger partial charge in [-0.05, 0) is 13.0 Å². The summed E-state index contributed by atoms with van der Waals surface area (Å²) in [5.41, 5.74) is -1.27. The maximum atomic E-state index is 12.8. The van der Waals surface area contributed by atoms with Gasteiger partial charge >= 0.3 is 0 Å². The van der Waals surface area contributed by atoms with Crippen LogP contribution in [0, 0.1) is 5.92 Å². The van der Waals surface area contributed by atoms with E-state index in [1.165, 1.54) is 6.92 Å². The van der Waals surface area contributed by atoms with E-state index in [0.29, 0.717) is 5.69 Å². The molecule has 0 radical (unpaired) electrons. The third-order valence-corrected chi connectivity index (χ3v) is 4.08. The first-order valence-corrected chi connectivity index (χ1v) is 7.19. The van der Waals surface area contributed by atoms with Gasteiger partial charge in [0.25, 0.3) is 5.91 Å². The molecule has 0 spiro atoms. The van der Waals surface area contributed by atoms with Gasteiger partial charge in [0.15, 0.2) is 11.4 Å². The van der Waals surface area contributed by atoms with Gasteiger partial charge in [-0.15, -0.1) is 0 Å². The molecule has 0 aliphatic carbocycles. The normalized spacial score (nSPS) is 20.5. The number of Topliss-reactive ketones (excluding diaryl/α,β-unsaturated/α-hetero) is 2. The van der Waals surface area contributed by atoms with Crippen LogP contribution in [0.25, 0.3) is 0 Å². The van der Waals surface area contributed by atoms with Crippen LogP contribution < -0.4 is 5.32 Å². The lowest BCUT2D eigenvalue weighted by atomic mass is 9.76. The highest BCUT2D eigenvalue weighted by atomic mass is 16.3. The summed E-state index contributed by atoms with van der Waals surface area (Å²) < 4.78 is 0. The molecular weight excluding hydrogens is 294 g/mol. The molecule has 23 heavy (non-hydrogen) atoms. The highest BCUT2D eigenvalue weighted by Gasteiger charge is 2.55. The van der Waals surface area contributed by atoms with Crippen molar-refractivity contribution in [2.45, 2.75) is 12.5 Å². The molecule has 5 nitrogen and oxygen atoms in total. The van der Waals surface area contributed by atoms with Gasteiger partial charge in [0.2, 0.25) is 0 Å². The number of anilines is 1. The van der Waals surface area contributed by atoms with Crippen molar-refractivity contribution in [2.24, 2.45) is 5.92 Å². The van der Waals surface area contributed by atoms with E-state index < -0.39 is 29.0 Å². The molecule has 1 amide bonds. The molecule has 2 atom stereocenters. The zero-order chi connectivity index (χ0) is 16.6. The van der Waals surface area contributed by atoms with E-state index in [9.17, 15) is 19.5 Å². The van der Waals surface area contributed by atoms with E-state index in [1.54, 1.807) is 54.6 Å². The quantitative estimate of drug-likeness (QED) is 0.667. The minimum Gasteiger partial charge on any atom is -0.374 e. The average molecular weight is 309 g/mol. The molecule has 3 rings (SSSR count). The number of ketones is 2. The van der Waals surface area contributed by atoms with Crippen molar-refractivity contribution in [1.29, 1.82) is 0 Å². The van der Waals surface area contributed by atoms with Crippen LogP contribution in [0.1, 0.15) is 22.8 Å². The summed E-state index contributed by atoms with van der Waals surface area (Å²) in [7, 11) is 0. The summed E-state index contributed by atoms with van der Waals surface area (Å²) in [6, 6.07) is 14.7. The Morgan fingerprint density at radius 1 is 1.04 bits per heavy atom. The van der Waals surface area contributed by atoms with Crippen molar-refractivity contribution in [1.82, 2.24) is 0 Å². The molecule has 2 aromatic rings. The topological polar surface area (TPSA) is 83.5 Å². The van der Waals surface area contributed by atoms with Crippen molar-refractivity contribution in [3.8, 4) is 0 Å². The maximum absolute atomic E-state index is 12.8. The number of hydrogen-bond donors (Lipinski definition) is 2. The Morgan fingerprint density at radius 3 is 2.30 bits per heavy atom. The maximum Gasteiger partial charge on any atom is 0.262 e. The van der Waals surface area contributed by atoms with E-state index in [0.717, 1.165) is 0 Å². The molecule has 0 fully saturated rings. The number of fused-ring (bicyclic) bond motifs is 1. The second-order valence-corrected chi connectivity index (χ2v) is 5.54. The van der Waals surface area contributed by atoms with E-state index in [2.05, 4.69) is 5.32 Å². The number of amides is 1. The summed E-state index contributed by atoms with van der Waals surface area (Å²) in [6.07, 6.45) is 0. The van der Waals surface area contributed by atoms with Crippen LogP contribution in [0.2, 0.25) is 0 Å². The minimum atomic E-state index is -2.20. The molecule has 2 aromatic carbocycles. The zero-order valence-electron chi connectivity index (χ0n) is 12.4. The summed E-state index contributed by atoms with van der Waals surface area (Å²) >= 11 is 0. The molecule has 0 saturated carbocycles. The number of rotatable bonds is 4. The van der Waals surface area contributed by atoms with Gasteiger partial charge in [-0.3, -0.25) is 14.4 Å². The fraction of sp³-hybridized carbons (Fsp3) is 0.167. The molecule has 1 heterocycles. The smallest absolute Gasteiger partial charge is 0.262 e. The first-order valence-electron chi connectivity index (χ1n) is 7.19. The van der Waals surface area contributed by atoms with Gasteiger partial charge in [0, 0.05) is 16.8 Å². The summed E-state index contributed by atoms with van der Waals surface area (Å²) in [5.74, 6) is -3.39. The molecule has 0 bridgehead atoms. The fourth-order valence-electron chi connectivity index (χ4n) is 2.99. The highest BCUT2D eigenvalue weighted by molar-refractivity contribution is 6.18. The molecule has 2 N–H and O–H groups in total. The Labute approximate surface area is 133 Å². The van der Waals surface area contributed by atoms with Gasteiger partial charge < -0.3 is 10.4 Å². The van der Waals surface area contributed by atoms with E-state index in [4.69, 9.17) is 0 Å². The van der Waals surface area contributed by atoms with Crippen LogP contribution in [0.3, 0.4) is 0 Å². The van der Waals surface area contributed by atoms with Crippen molar-refractivity contribution < 1.29 is 19.5 Å². The van der Waals surface area contributed by atoms with Crippen molar-refractivity contribution in [3.63, 3.8) is 0 Å². The van der Waals surface area contributed by atoms with Crippen molar-refractivity contribution in [2.75, 3.05) is 5.32 Å². The summed E-state index contributed by atoms with van der Waals surface area (Å²) in [6.45, 7) is 1.21. The summed E-state index contributed by atoms with van der Waals surface area (Å²) in [4.78, 5) is 37.3. The number of aliphatic hydroxyl groups is 1. The Kier molecular flexibility index (Phi) is 3.58. The number of benzene rings is 2. The number of para-hydroxylation sites is 1. The lowest BCUT2D eigenvalue weighted by molar-refractivity contribution is -0.144. The van der Waals surface area contributed by atoms with E-state index >= 15 is 0 Å². The van der Waals surface area contributed by atoms with E-state index in [1.807, 2.05) is 0 Å². The third-order valence-electron chi connectivity index (χ3n) is 4.08. The van der Waals surface area contributed by atoms with Gasteiger partial charge in [-0.1, -0.05) is 48.5 Å². The van der Waals surface area contributed by atoms with Crippen LogP contribution in [0.15, 0.2) is 54.6 Å². The number of hydrogen-bond acceptors (Lipinski definition) is 4. The lowest BCUT2D eigenvalue weighted by Crippen LogP contribution is -2.48. The van der Waals surface area contributed by atoms with Gasteiger partial charge in [0.05, 0.1) is 0 Å². The van der Waals surface area contributed by atoms with Crippen LogP contribution in [0.5, 0.6) is 0 Å². The zero-order valence-corrected chi connectivity index (χ0v) is 12.4. The van der Waals surface area contributed by atoms with Gasteiger partial charge in [-0.25, -0.2) is 0 Å². The molecule has 0 aromatic heterocycles. The first kappa shape index (κ1) is 15.1. The number of carbonyl (C=O) groups excluding carboxylic acids is 3. The monoisotopic (exact) mass is 309 g/mol. The molecule has 116 valence electrons. The molecule has 2 unspecified atom stereocenters. The van der Waals surface area contributed by atoms with E-state index in [-0.39, 0.29) is 11.1 Å². The number of nitrogens with one attached hydrogen (secondary N) is 1. The van der Waals surface area contributed by atoms with Crippen LogP contribution in [-0.2, 0) is 15.2 Å². The second-order valence-electron chi connectivity index (χ2n) is 5.54. The predicted molar refractivity (Wildman–Crippen MR) is 83.9 cm³/mol. The van der Waals surface area contributed by atoms with Crippen LogP contribution in [0.4, 0.5) is 5.69 Å². The molecule has 0 saturated heterocycles. The molecule has 5 heteroatoms. The Morgan fingerprint density at radius 2 is 1.65 bits per heavy atom. The highest BCUT2D eigenvalue weighted by Crippen LogP contribution is 2.42. The molecule has 1 aliphatic heterocycles. The van der Waals surface area contributed by atoms with Gasteiger partial charge in [-0.2, -0.15) is 0 Å². The predicted octanol–water partition coefficient (Wildman–Crippen LogP) is 1.91. The average Bonchev–Trinajstić information content (AvgIpc) is 2.80. The SMILES string of the molecule is CC(=O)C(C(=O)c1ccccc1)C1(O)C(=O)Nc2ccccc21. The second kappa shape index (κ2) is 5.44. The molecular formula is C18H15NO4. The molecule has 1 aliphatic rings. The minimum absolute atomic E-state index is 0.245. The van der Waals surface area contributed by atoms with Gasteiger partial charge in [0.1, 0.15) is 11.7 Å². The first-order chi connectivity index (χ1) is 11.0.